The second-order valence-corrected chi connectivity index (χ2v) is 17.3. The van der Waals surface area contributed by atoms with Crippen molar-refractivity contribution in [2.75, 3.05) is 0 Å². The van der Waals surface area contributed by atoms with E-state index in [0.29, 0.717) is 0 Å². The third-order valence-electron chi connectivity index (χ3n) is 11.5. The maximum Gasteiger partial charge on any atom is 0.146 e. The van der Waals surface area contributed by atoms with Crippen molar-refractivity contribution in [2.45, 2.75) is 30.3 Å². The number of fused-ring (bicyclic) bond motifs is 9. The van der Waals surface area contributed by atoms with Gasteiger partial charge in [-0.1, -0.05) is 152 Å². The van der Waals surface area contributed by atoms with Crippen LogP contribution in [0.3, 0.4) is 0 Å². The van der Waals surface area contributed by atoms with Crippen molar-refractivity contribution in [3.05, 3.63) is 204 Å². The molecule has 0 radical (unpaired) electrons. The van der Waals surface area contributed by atoms with E-state index < -0.39 is 12.6 Å². The Hall–Kier alpha value is -5.69. The molecule has 1 aliphatic heterocycles. The fourth-order valence-corrected chi connectivity index (χ4v) is 12.5. The minimum atomic E-state index is -2.89. The molecule has 250 valence electrons. The summed E-state index contributed by atoms with van der Waals surface area (Å²) in [6.45, 7) is 0. The highest BCUT2D eigenvalue weighted by molar-refractivity contribution is 7.79. The van der Waals surface area contributed by atoms with E-state index in [2.05, 4.69) is 164 Å². The Kier molecular flexibility index (Phi) is 7.31. The van der Waals surface area contributed by atoms with Crippen LogP contribution in [0.1, 0.15) is 41.5 Å². The third-order valence-corrected chi connectivity index (χ3v) is 15.1. The zero-order valence-electron chi connectivity index (χ0n) is 28.8. The average Bonchev–Trinajstić information content (AvgIpc) is 3.52. The maximum atomic E-state index is 15.3. The monoisotopic (exact) mass is 688 g/mol. The summed E-state index contributed by atoms with van der Waals surface area (Å²) in [5.74, 6) is 1.78. The number of benzene rings is 7. The van der Waals surface area contributed by atoms with E-state index in [-0.39, 0.29) is 5.66 Å². The minimum absolute atomic E-state index is 0.0995. The van der Waals surface area contributed by atoms with Gasteiger partial charge in [-0.3, -0.25) is 0 Å². The predicted molar refractivity (Wildman–Crippen MR) is 215 cm³/mol. The Morgan fingerprint density at radius 1 is 0.481 bits per heavy atom. The predicted octanol–water partition coefficient (Wildman–Crippen LogP) is 11.9. The van der Waals surface area contributed by atoms with E-state index >= 15 is 4.57 Å². The molecule has 2 aliphatic carbocycles. The zero-order chi connectivity index (χ0) is 34.7. The molecule has 2 unspecified atom stereocenters. The van der Waals surface area contributed by atoms with Crippen LogP contribution < -0.4 is 15.3 Å². The van der Waals surface area contributed by atoms with Crippen LogP contribution in [-0.4, -0.2) is 5.66 Å². The fraction of sp³-hybridized carbons (Fsp3) is 0.102. The largest absolute Gasteiger partial charge is 0.457 e. The van der Waals surface area contributed by atoms with E-state index in [1.54, 1.807) is 0 Å². The molecule has 0 fully saturated rings. The van der Waals surface area contributed by atoms with Gasteiger partial charge < -0.3 is 9.30 Å². The van der Waals surface area contributed by atoms with Crippen LogP contribution in [0.2, 0.25) is 0 Å². The highest BCUT2D eigenvalue weighted by atomic mass is 31.2. The minimum Gasteiger partial charge on any atom is -0.457 e. The molecule has 0 N–H and O–H groups in total. The molecule has 0 aromatic heterocycles. The first-order chi connectivity index (χ1) is 25.7. The lowest BCUT2D eigenvalue weighted by atomic mass is 9.66. The SMILES string of the molecule is O=P(c1ccccc1)(c1cccc(-c2cccc(-c3ccc4c(c3)C3(c5ccccc5O4)c4ccccc4-c4ccccc43)c2)c1)C1CC=CCC1. The van der Waals surface area contributed by atoms with Gasteiger partial charge >= 0.3 is 0 Å². The number of hydrogen-bond acceptors (Lipinski definition) is 2. The lowest BCUT2D eigenvalue weighted by Gasteiger charge is -2.39. The molecule has 2 nitrogen and oxygen atoms in total. The number of ether oxygens (including phenoxy) is 1. The van der Waals surface area contributed by atoms with Crippen molar-refractivity contribution >= 4 is 17.8 Å². The van der Waals surface area contributed by atoms with Gasteiger partial charge in [0.1, 0.15) is 18.6 Å². The molecule has 2 atom stereocenters. The van der Waals surface area contributed by atoms with Gasteiger partial charge in [-0.05, 0) is 94.1 Å². The van der Waals surface area contributed by atoms with Gasteiger partial charge in [0.2, 0.25) is 0 Å². The van der Waals surface area contributed by atoms with Crippen molar-refractivity contribution < 1.29 is 9.30 Å². The van der Waals surface area contributed by atoms with E-state index in [4.69, 9.17) is 4.74 Å². The van der Waals surface area contributed by atoms with E-state index in [0.717, 1.165) is 69.2 Å². The summed E-state index contributed by atoms with van der Waals surface area (Å²) >= 11 is 0. The normalized spacial score (nSPS) is 17.3. The van der Waals surface area contributed by atoms with Crippen LogP contribution in [0, 0.1) is 0 Å². The molecule has 1 spiro atoms. The molecule has 7 aromatic carbocycles. The first-order valence-corrected chi connectivity index (χ1v) is 20.1. The number of para-hydroxylation sites is 1. The van der Waals surface area contributed by atoms with Crippen LogP contribution in [0.25, 0.3) is 33.4 Å². The van der Waals surface area contributed by atoms with Gasteiger partial charge in [0.15, 0.2) is 0 Å². The summed E-state index contributed by atoms with van der Waals surface area (Å²) in [5, 5.41) is 1.88. The van der Waals surface area contributed by atoms with Crippen molar-refractivity contribution in [2.24, 2.45) is 0 Å². The third kappa shape index (κ3) is 4.61. The van der Waals surface area contributed by atoms with Crippen molar-refractivity contribution in [3.8, 4) is 44.9 Å². The van der Waals surface area contributed by atoms with Gasteiger partial charge in [0, 0.05) is 27.4 Å². The van der Waals surface area contributed by atoms with Gasteiger partial charge in [-0.25, -0.2) is 0 Å². The smallest absolute Gasteiger partial charge is 0.146 e. The molecular formula is C49H37O2P. The molecule has 0 amide bonds. The summed E-state index contributed by atoms with van der Waals surface area (Å²) in [6, 6.07) is 60.3. The van der Waals surface area contributed by atoms with Crippen molar-refractivity contribution in [3.63, 3.8) is 0 Å². The molecule has 3 aliphatic rings. The van der Waals surface area contributed by atoms with Crippen LogP contribution in [0.15, 0.2) is 182 Å². The molecule has 3 heteroatoms. The fourth-order valence-electron chi connectivity index (χ4n) is 9.13. The molecule has 10 rings (SSSR count). The van der Waals surface area contributed by atoms with Gasteiger partial charge in [-0.15, -0.1) is 0 Å². The Balaban J connectivity index is 1.11. The summed E-state index contributed by atoms with van der Waals surface area (Å²) < 4.78 is 22.0. The van der Waals surface area contributed by atoms with E-state index in [1.807, 2.05) is 18.2 Å². The zero-order valence-corrected chi connectivity index (χ0v) is 29.7. The molecular weight excluding hydrogens is 652 g/mol. The Morgan fingerprint density at radius 3 is 1.77 bits per heavy atom. The Bertz CT molecular complexity index is 2540. The second-order valence-electron chi connectivity index (χ2n) is 14.2. The molecule has 7 aromatic rings. The van der Waals surface area contributed by atoms with Gasteiger partial charge in [-0.2, -0.15) is 0 Å². The Morgan fingerprint density at radius 2 is 1.06 bits per heavy atom. The average molecular weight is 689 g/mol. The summed E-state index contributed by atoms with van der Waals surface area (Å²) in [4.78, 5) is 0. The molecule has 0 bridgehead atoms. The summed E-state index contributed by atoms with van der Waals surface area (Å²) in [6.07, 6.45) is 7.19. The van der Waals surface area contributed by atoms with Crippen molar-refractivity contribution in [1.29, 1.82) is 0 Å². The second kappa shape index (κ2) is 12.2. The Labute approximate surface area is 305 Å². The van der Waals surface area contributed by atoms with E-state index in [1.165, 1.54) is 27.8 Å². The highest BCUT2D eigenvalue weighted by Crippen LogP contribution is 2.62. The van der Waals surface area contributed by atoms with Gasteiger partial charge in [0.05, 0.1) is 5.41 Å². The number of hydrogen-bond donors (Lipinski definition) is 0. The molecule has 52 heavy (non-hydrogen) atoms. The highest BCUT2D eigenvalue weighted by Gasteiger charge is 2.51. The van der Waals surface area contributed by atoms with Crippen LogP contribution in [-0.2, 0) is 9.98 Å². The van der Waals surface area contributed by atoms with Crippen molar-refractivity contribution in [1.82, 2.24) is 0 Å². The molecule has 1 heterocycles. The lowest BCUT2D eigenvalue weighted by molar-refractivity contribution is 0.436. The summed E-state index contributed by atoms with van der Waals surface area (Å²) in [7, 11) is -2.89. The topological polar surface area (TPSA) is 26.3 Å². The van der Waals surface area contributed by atoms with Crippen LogP contribution in [0.5, 0.6) is 11.5 Å². The first-order valence-electron chi connectivity index (χ1n) is 18.3. The number of allylic oxidation sites excluding steroid dienone is 2. The van der Waals surface area contributed by atoms with Gasteiger partial charge in [0.25, 0.3) is 0 Å². The number of rotatable bonds is 5. The van der Waals surface area contributed by atoms with Crippen LogP contribution >= 0.6 is 7.14 Å². The van der Waals surface area contributed by atoms with Crippen LogP contribution in [0.4, 0.5) is 0 Å². The lowest BCUT2D eigenvalue weighted by Crippen LogP contribution is -2.32. The first kappa shape index (κ1) is 31.1. The molecule has 0 saturated carbocycles. The maximum absolute atomic E-state index is 15.3. The summed E-state index contributed by atoms with van der Waals surface area (Å²) in [5.41, 5.74) is 11.5. The molecule has 0 saturated heterocycles. The quantitative estimate of drug-likeness (QED) is 0.133. The standard InChI is InChI=1S/C49H37O2P/c50-52(38-18-3-1-4-19-38,39-20-5-2-6-21-39)40-22-14-17-36(32-40)34-15-13-16-35(31-34)37-29-30-48-46(33-37)49(45-27-11-12-28-47(45)51-48)43-25-9-7-23-41(43)42-24-8-10-26-44(42)49/h1-5,7-19,22-33,39H,6,20-21H2. The van der Waals surface area contributed by atoms with E-state index in [9.17, 15) is 0 Å².